The third kappa shape index (κ3) is 4.92. The molecule has 20 heavy (non-hydrogen) atoms. The third-order valence-corrected chi connectivity index (χ3v) is 3.00. The summed E-state index contributed by atoms with van der Waals surface area (Å²) in [5.41, 5.74) is 6.73. The Morgan fingerprint density at radius 2 is 2.10 bits per heavy atom. The lowest BCUT2D eigenvalue weighted by Crippen LogP contribution is -2.41. The highest BCUT2D eigenvalue weighted by molar-refractivity contribution is 5.82. The Balaban J connectivity index is 2.64. The summed E-state index contributed by atoms with van der Waals surface area (Å²) in [4.78, 5) is 14.1. The van der Waals surface area contributed by atoms with Gasteiger partial charge in [-0.25, -0.2) is 0 Å². The first kappa shape index (κ1) is 16.6. The van der Waals surface area contributed by atoms with Crippen molar-refractivity contribution in [2.45, 2.75) is 12.5 Å². The number of aromatic nitrogens is 2. The fourth-order valence-corrected chi connectivity index (χ4v) is 1.87. The zero-order valence-electron chi connectivity index (χ0n) is 12.4. The van der Waals surface area contributed by atoms with Crippen LogP contribution in [0.1, 0.15) is 18.0 Å². The molecular weight excluding hydrogens is 260 g/mol. The molecule has 0 saturated heterocycles. The molecule has 0 bridgehead atoms. The molecule has 1 rings (SSSR count). The molecule has 0 aromatic carbocycles. The zero-order chi connectivity index (χ0) is 15.0. The van der Waals surface area contributed by atoms with Gasteiger partial charge in [0.25, 0.3) is 0 Å². The van der Waals surface area contributed by atoms with E-state index in [9.17, 15) is 4.79 Å². The number of rotatable bonds is 9. The van der Waals surface area contributed by atoms with E-state index in [2.05, 4.69) is 5.10 Å². The first-order valence-electron chi connectivity index (χ1n) is 6.61. The minimum Gasteiger partial charge on any atom is -0.385 e. The fourth-order valence-electron chi connectivity index (χ4n) is 1.87. The summed E-state index contributed by atoms with van der Waals surface area (Å²) in [6, 6.07) is -0.692. The molecule has 1 aromatic rings. The molecule has 0 aliphatic heterocycles. The number of nitrogens with zero attached hydrogens (tertiary/aromatic N) is 3. The molecule has 0 radical (unpaired) electrons. The van der Waals surface area contributed by atoms with Crippen molar-refractivity contribution in [1.29, 1.82) is 0 Å². The maximum atomic E-state index is 12.4. The van der Waals surface area contributed by atoms with Gasteiger partial charge in [-0.3, -0.25) is 9.48 Å². The maximum absolute atomic E-state index is 12.4. The lowest BCUT2D eigenvalue weighted by Gasteiger charge is -2.25. The summed E-state index contributed by atoms with van der Waals surface area (Å²) in [6.45, 7) is 2.22. The van der Waals surface area contributed by atoms with Gasteiger partial charge < -0.3 is 20.1 Å². The lowest BCUT2D eigenvalue weighted by atomic mass is 10.1. The van der Waals surface area contributed by atoms with Crippen molar-refractivity contribution in [1.82, 2.24) is 14.7 Å². The number of hydrogen-bond acceptors (Lipinski definition) is 5. The van der Waals surface area contributed by atoms with E-state index < -0.39 is 6.04 Å². The number of nitrogens with two attached hydrogens (primary N) is 1. The van der Waals surface area contributed by atoms with Crippen LogP contribution >= 0.6 is 0 Å². The van der Waals surface area contributed by atoms with Crippen LogP contribution in [-0.4, -0.2) is 61.1 Å². The molecular formula is C13H24N4O3. The van der Waals surface area contributed by atoms with Gasteiger partial charge in [0.15, 0.2) is 0 Å². The van der Waals surface area contributed by atoms with E-state index in [4.69, 9.17) is 15.2 Å². The molecule has 1 aromatic heterocycles. The second-order valence-electron chi connectivity index (χ2n) is 4.59. The van der Waals surface area contributed by atoms with Gasteiger partial charge in [-0.1, -0.05) is 0 Å². The van der Waals surface area contributed by atoms with Crippen molar-refractivity contribution < 1.29 is 14.3 Å². The highest BCUT2D eigenvalue weighted by Crippen LogP contribution is 2.12. The molecule has 0 aliphatic rings. The van der Waals surface area contributed by atoms with Gasteiger partial charge in [0.1, 0.15) is 6.04 Å². The number of hydrogen-bond donors (Lipinski definition) is 1. The monoisotopic (exact) mass is 284 g/mol. The zero-order valence-corrected chi connectivity index (χ0v) is 12.4. The largest absolute Gasteiger partial charge is 0.385 e. The van der Waals surface area contributed by atoms with Gasteiger partial charge in [-0.2, -0.15) is 5.10 Å². The average molecular weight is 284 g/mol. The van der Waals surface area contributed by atoms with Crippen molar-refractivity contribution in [2.24, 2.45) is 12.8 Å². The number of carbonyl (C=O) groups is 1. The number of ether oxygens (including phenoxy) is 2. The van der Waals surface area contributed by atoms with E-state index in [0.717, 1.165) is 6.42 Å². The molecule has 7 nitrogen and oxygen atoms in total. The third-order valence-electron chi connectivity index (χ3n) is 3.00. The van der Waals surface area contributed by atoms with Crippen LogP contribution in [0.5, 0.6) is 0 Å². The van der Waals surface area contributed by atoms with Crippen molar-refractivity contribution in [3.05, 3.63) is 18.0 Å². The Morgan fingerprint density at radius 1 is 1.40 bits per heavy atom. The molecule has 0 fully saturated rings. The first-order chi connectivity index (χ1) is 9.60. The molecule has 1 amide bonds. The van der Waals surface area contributed by atoms with E-state index in [-0.39, 0.29) is 5.91 Å². The SMILES string of the molecule is COCCCN(CCOC)C(=O)C(N)c1cnn(C)c1. The Hall–Kier alpha value is -1.44. The van der Waals surface area contributed by atoms with E-state index in [0.29, 0.717) is 31.9 Å². The summed E-state index contributed by atoms with van der Waals surface area (Å²) in [7, 11) is 5.05. The molecule has 1 atom stereocenters. The minimum atomic E-state index is -0.692. The normalized spacial score (nSPS) is 12.4. The van der Waals surface area contributed by atoms with Crippen molar-refractivity contribution in [2.75, 3.05) is 40.5 Å². The van der Waals surface area contributed by atoms with Crippen LogP contribution < -0.4 is 5.73 Å². The van der Waals surface area contributed by atoms with E-state index >= 15 is 0 Å². The Bertz CT molecular complexity index is 408. The molecule has 2 N–H and O–H groups in total. The van der Waals surface area contributed by atoms with Crippen molar-refractivity contribution >= 4 is 5.91 Å². The van der Waals surface area contributed by atoms with Crippen LogP contribution in [0.4, 0.5) is 0 Å². The van der Waals surface area contributed by atoms with Gasteiger partial charge in [0.2, 0.25) is 5.91 Å². The van der Waals surface area contributed by atoms with E-state index in [1.807, 2.05) is 0 Å². The van der Waals surface area contributed by atoms with Gasteiger partial charge in [0.05, 0.1) is 12.8 Å². The highest BCUT2D eigenvalue weighted by Gasteiger charge is 2.23. The molecule has 0 spiro atoms. The van der Waals surface area contributed by atoms with Crippen molar-refractivity contribution in [3.8, 4) is 0 Å². The van der Waals surface area contributed by atoms with E-state index in [1.165, 1.54) is 0 Å². The van der Waals surface area contributed by atoms with E-state index in [1.54, 1.807) is 43.2 Å². The Labute approximate surface area is 119 Å². The molecule has 0 aliphatic carbocycles. The van der Waals surface area contributed by atoms with Crippen LogP contribution in [0.25, 0.3) is 0 Å². The second kappa shape index (κ2) is 8.68. The van der Waals surface area contributed by atoms with Crippen LogP contribution in [0.15, 0.2) is 12.4 Å². The Kier molecular flexibility index (Phi) is 7.21. The van der Waals surface area contributed by atoms with Gasteiger partial charge in [0, 0.05) is 52.7 Å². The summed E-state index contributed by atoms with van der Waals surface area (Å²) >= 11 is 0. The molecule has 0 saturated carbocycles. The van der Waals surface area contributed by atoms with Crippen molar-refractivity contribution in [3.63, 3.8) is 0 Å². The summed E-state index contributed by atoms with van der Waals surface area (Å²) < 4.78 is 11.7. The minimum absolute atomic E-state index is 0.119. The second-order valence-corrected chi connectivity index (χ2v) is 4.59. The number of aryl methyl sites for hydroxylation is 1. The number of methoxy groups -OCH3 is 2. The Morgan fingerprint density at radius 3 is 2.65 bits per heavy atom. The summed E-state index contributed by atoms with van der Waals surface area (Å²) in [5.74, 6) is -0.119. The van der Waals surface area contributed by atoms with Gasteiger partial charge in [-0.15, -0.1) is 0 Å². The lowest BCUT2D eigenvalue weighted by molar-refractivity contribution is -0.133. The van der Waals surface area contributed by atoms with Gasteiger partial charge in [-0.05, 0) is 6.42 Å². The number of amides is 1. The first-order valence-corrected chi connectivity index (χ1v) is 6.61. The topological polar surface area (TPSA) is 82.6 Å². The fraction of sp³-hybridized carbons (Fsp3) is 0.692. The summed E-state index contributed by atoms with van der Waals surface area (Å²) in [6.07, 6.45) is 4.14. The predicted octanol–water partition coefficient (Wildman–Crippen LogP) is -0.0686. The standard InChI is InChI=1S/C13H24N4O3/c1-16-10-11(9-15-16)12(14)13(18)17(6-8-20-3)5-4-7-19-2/h9-10,12H,4-8,14H2,1-3H3. The van der Waals surface area contributed by atoms with Crippen LogP contribution in [-0.2, 0) is 21.3 Å². The highest BCUT2D eigenvalue weighted by atomic mass is 16.5. The quantitative estimate of drug-likeness (QED) is 0.642. The number of carbonyl (C=O) groups excluding carboxylic acids is 1. The predicted molar refractivity (Wildman–Crippen MR) is 75.1 cm³/mol. The molecule has 1 unspecified atom stereocenters. The summed E-state index contributed by atoms with van der Waals surface area (Å²) in [5, 5.41) is 4.04. The maximum Gasteiger partial charge on any atom is 0.244 e. The van der Waals surface area contributed by atoms with Gasteiger partial charge >= 0.3 is 0 Å². The van der Waals surface area contributed by atoms with Crippen LogP contribution in [0.2, 0.25) is 0 Å². The average Bonchev–Trinajstić information content (AvgIpc) is 2.87. The molecule has 7 heteroatoms. The van der Waals surface area contributed by atoms with Crippen LogP contribution in [0.3, 0.4) is 0 Å². The molecule has 1 heterocycles. The molecule has 114 valence electrons. The van der Waals surface area contributed by atoms with Crippen LogP contribution in [0, 0.1) is 0 Å². The smallest absolute Gasteiger partial charge is 0.244 e.